The number of aromatic nitrogens is 1. The molecule has 1 rings (SSSR count). The molecule has 0 aromatic carbocycles. The molecule has 0 spiro atoms. The van der Waals surface area contributed by atoms with Gasteiger partial charge in [0.05, 0.1) is 6.61 Å². The molecule has 0 amide bonds. The van der Waals surface area contributed by atoms with Crippen LogP contribution in [-0.4, -0.2) is 28.2 Å². The van der Waals surface area contributed by atoms with Crippen LogP contribution in [0.4, 0.5) is 0 Å². The third-order valence-electron chi connectivity index (χ3n) is 1.83. The zero-order valence-corrected chi connectivity index (χ0v) is 7.98. The van der Waals surface area contributed by atoms with Crippen LogP contribution in [0.25, 0.3) is 0 Å². The average molecular weight is 197 g/mol. The van der Waals surface area contributed by atoms with Crippen LogP contribution in [0.3, 0.4) is 0 Å². The van der Waals surface area contributed by atoms with Gasteiger partial charge in [0.25, 0.3) is 0 Å². The van der Waals surface area contributed by atoms with E-state index in [0.717, 1.165) is 0 Å². The van der Waals surface area contributed by atoms with Gasteiger partial charge in [-0.15, -0.1) is 0 Å². The Balaban J connectivity index is 3.00. The fourth-order valence-corrected chi connectivity index (χ4v) is 1.14. The van der Waals surface area contributed by atoms with Gasteiger partial charge in [0, 0.05) is 7.05 Å². The van der Waals surface area contributed by atoms with Crippen molar-refractivity contribution in [3.05, 3.63) is 23.5 Å². The van der Waals surface area contributed by atoms with Crippen molar-refractivity contribution in [3.63, 3.8) is 0 Å². The molecule has 0 saturated heterocycles. The highest BCUT2D eigenvalue weighted by molar-refractivity contribution is 5.92. The summed E-state index contributed by atoms with van der Waals surface area (Å²) in [5, 5.41) is 8.72. The van der Waals surface area contributed by atoms with E-state index in [9.17, 15) is 9.59 Å². The Labute approximate surface area is 80.9 Å². The molecule has 0 unspecified atom stereocenters. The lowest BCUT2D eigenvalue weighted by Crippen LogP contribution is -2.13. The van der Waals surface area contributed by atoms with Crippen LogP contribution < -0.4 is 0 Å². The van der Waals surface area contributed by atoms with E-state index in [1.807, 2.05) is 0 Å². The number of esters is 1. The summed E-state index contributed by atoms with van der Waals surface area (Å²) in [7, 11) is 1.51. The quantitative estimate of drug-likeness (QED) is 0.731. The van der Waals surface area contributed by atoms with Gasteiger partial charge in [0.15, 0.2) is 0 Å². The topological polar surface area (TPSA) is 68.5 Å². The van der Waals surface area contributed by atoms with E-state index < -0.39 is 11.9 Å². The van der Waals surface area contributed by atoms with Gasteiger partial charge in [0.2, 0.25) is 0 Å². The van der Waals surface area contributed by atoms with E-state index in [1.54, 1.807) is 6.92 Å². The minimum absolute atomic E-state index is 0.0630. The Hall–Kier alpha value is -1.78. The van der Waals surface area contributed by atoms with Crippen molar-refractivity contribution in [3.8, 4) is 0 Å². The maximum Gasteiger partial charge on any atom is 0.354 e. The summed E-state index contributed by atoms with van der Waals surface area (Å²) >= 11 is 0. The van der Waals surface area contributed by atoms with Gasteiger partial charge in [-0.3, -0.25) is 0 Å². The monoisotopic (exact) mass is 197 g/mol. The lowest BCUT2D eigenvalue weighted by Gasteiger charge is -2.03. The Bertz CT molecular complexity index is 367. The molecule has 5 heteroatoms. The summed E-state index contributed by atoms with van der Waals surface area (Å²) in [4.78, 5) is 21.9. The third-order valence-corrected chi connectivity index (χ3v) is 1.83. The number of carbonyl (C=O) groups excluding carboxylic acids is 1. The highest BCUT2D eigenvalue weighted by atomic mass is 16.5. The summed E-state index contributed by atoms with van der Waals surface area (Å²) in [5.41, 5.74) is 0.303. The predicted octanol–water partition coefficient (Wildman–Crippen LogP) is 0.900. The maximum absolute atomic E-state index is 11.3. The van der Waals surface area contributed by atoms with Gasteiger partial charge in [0.1, 0.15) is 11.4 Å². The Morgan fingerprint density at radius 3 is 2.43 bits per heavy atom. The maximum atomic E-state index is 11.3. The van der Waals surface area contributed by atoms with Crippen LogP contribution in [0.2, 0.25) is 0 Å². The van der Waals surface area contributed by atoms with Crippen molar-refractivity contribution in [1.82, 2.24) is 4.57 Å². The first-order valence-electron chi connectivity index (χ1n) is 4.14. The number of aromatic carboxylic acids is 1. The largest absolute Gasteiger partial charge is 0.477 e. The smallest absolute Gasteiger partial charge is 0.354 e. The molecule has 0 radical (unpaired) electrons. The lowest BCUT2D eigenvalue weighted by atomic mass is 10.4. The van der Waals surface area contributed by atoms with Gasteiger partial charge in [-0.05, 0) is 19.1 Å². The second-order valence-electron chi connectivity index (χ2n) is 2.69. The fraction of sp³-hybridized carbons (Fsp3) is 0.333. The zero-order valence-electron chi connectivity index (χ0n) is 7.98. The first-order valence-corrected chi connectivity index (χ1v) is 4.14. The normalized spacial score (nSPS) is 9.86. The van der Waals surface area contributed by atoms with Gasteiger partial charge in [-0.25, -0.2) is 9.59 Å². The Morgan fingerprint density at radius 1 is 1.43 bits per heavy atom. The fourth-order valence-electron chi connectivity index (χ4n) is 1.14. The predicted molar refractivity (Wildman–Crippen MR) is 48.3 cm³/mol. The molecule has 1 N–H and O–H groups in total. The second-order valence-corrected chi connectivity index (χ2v) is 2.69. The summed E-state index contributed by atoms with van der Waals surface area (Å²) in [6.07, 6.45) is 0. The number of ether oxygens (including phenoxy) is 1. The van der Waals surface area contributed by atoms with E-state index in [2.05, 4.69) is 0 Å². The van der Waals surface area contributed by atoms with Gasteiger partial charge in [-0.2, -0.15) is 0 Å². The minimum atomic E-state index is -1.07. The Morgan fingerprint density at radius 2 is 2.00 bits per heavy atom. The Kier molecular flexibility index (Phi) is 2.91. The number of nitrogens with zero attached hydrogens (tertiary/aromatic N) is 1. The van der Waals surface area contributed by atoms with E-state index in [4.69, 9.17) is 9.84 Å². The van der Waals surface area contributed by atoms with Crippen molar-refractivity contribution in [2.45, 2.75) is 6.92 Å². The van der Waals surface area contributed by atoms with Gasteiger partial charge in [-0.1, -0.05) is 0 Å². The lowest BCUT2D eigenvalue weighted by molar-refractivity contribution is 0.0515. The molecule has 1 aromatic rings. The number of carboxylic acid groups (broad SMARTS) is 1. The molecule has 0 atom stereocenters. The summed E-state index contributed by atoms with van der Waals surface area (Å²) in [6.45, 7) is 1.96. The molecule has 1 heterocycles. The van der Waals surface area contributed by atoms with E-state index >= 15 is 0 Å². The number of hydrogen-bond acceptors (Lipinski definition) is 3. The van der Waals surface area contributed by atoms with Crippen LogP contribution >= 0.6 is 0 Å². The second kappa shape index (κ2) is 3.95. The molecule has 1 aromatic heterocycles. The van der Waals surface area contributed by atoms with Crippen LogP contribution in [0, 0.1) is 0 Å². The van der Waals surface area contributed by atoms with E-state index in [0.29, 0.717) is 0 Å². The standard InChI is InChI=1S/C9H11NO4/c1-3-14-9(13)7-5-4-6(8(11)12)10(7)2/h4-5H,3H2,1-2H3,(H,11,12). The van der Waals surface area contributed by atoms with Crippen molar-refractivity contribution < 1.29 is 19.4 Å². The summed E-state index contributed by atoms with van der Waals surface area (Å²) in [6, 6.07) is 2.80. The van der Waals surface area contributed by atoms with Crippen LogP contribution in [0.5, 0.6) is 0 Å². The summed E-state index contributed by atoms with van der Waals surface area (Å²) in [5.74, 6) is -1.58. The van der Waals surface area contributed by atoms with E-state index in [-0.39, 0.29) is 18.0 Å². The highest BCUT2D eigenvalue weighted by Gasteiger charge is 2.16. The van der Waals surface area contributed by atoms with Gasteiger partial charge < -0.3 is 14.4 Å². The first kappa shape index (κ1) is 10.3. The van der Waals surface area contributed by atoms with Crippen molar-refractivity contribution in [2.75, 3.05) is 6.61 Å². The molecule has 14 heavy (non-hydrogen) atoms. The van der Waals surface area contributed by atoms with Crippen molar-refractivity contribution in [1.29, 1.82) is 0 Å². The molecular formula is C9H11NO4. The first-order chi connectivity index (χ1) is 6.57. The highest BCUT2D eigenvalue weighted by Crippen LogP contribution is 2.08. The van der Waals surface area contributed by atoms with Crippen LogP contribution in [0.15, 0.2) is 12.1 Å². The molecule has 0 saturated carbocycles. The average Bonchev–Trinajstić information content (AvgIpc) is 2.47. The summed E-state index contributed by atoms with van der Waals surface area (Å²) < 4.78 is 6.04. The minimum Gasteiger partial charge on any atom is -0.477 e. The molecule has 0 bridgehead atoms. The molecule has 5 nitrogen and oxygen atoms in total. The van der Waals surface area contributed by atoms with Gasteiger partial charge >= 0.3 is 11.9 Å². The number of carboxylic acids is 1. The van der Waals surface area contributed by atoms with E-state index in [1.165, 1.54) is 23.7 Å². The van der Waals surface area contributed by atoms with Crippen molar-refractivity contribution in [2.24, 2.45) is 7.05 Å². The molecule has 0 aliphatic heterocycles. The molecular weight excluding hydrogens is 186 g/mol. The number of carbonyl (C=O) groups is 2. The third kappa shape index (κ3) is 1.76. The van der Waals surface area contributed by atoms with Crippen LogP contribution in [-0.2, 0) is 11.8 Å². The number of hydrogen-bond donors (Lipinski definition) is 1. The number of rotatable bonds is 3. The van der Waals surface area contributed by atoms with Crippen LogP contribution in [0.1, 0.15) is 27.9 Å². The SMILES string of the molecule is CCOC(=O)c1ccc(C(=O)O)n1C. The molecule has 0 aliphatic rings. The van der Waals surface area contributed by atoms with Crippen molar-refractivity contribution >= 4 is 11.9 Å². The molecule has 76 valence electrons. The molecule has 0 aliphatic carbocycles. The molecule has 0 fully saturated rings. The zero-order chi connectivity index (χ0) is 10.7.